The largest absolute Gasteiger partial charge is 0.352 e. The third-order valence-corrected chi connectivity index (χ3v) is 4.36. The van der Waals surface area contributed by atoms with Gasteiger partial charge in [-0.2, -0.15) is 0 Å². The number of carbonyl (C=O) groups is 1. The first-order chi connectivity index (χ1) is 9.66. The maximum Gasteiger partial charge on any atom is 0.237 e. The van der Waals surface area contributed by atoms with E-state index in [-0.39, 0.29) is 11.9 Å². The molecule has 1 amide bonds. The molecule has 0 spiro atoms. The Bertz CT molecular complexity index is 412. The van der Waals surface area contributed by atoms with Crippen molar-refractivity contribution < 1.29 is 4.79 Å². The molecule has 0 saturated heterocycles. The zero-order valence-electron chi connectivity index (χ0n) is 12.3. The van der Waals surface area contributed by atoms with Crippen molar-refractivity contribution in [2.24, 2.45) is 11.7 Å². The Hall–Kier alpha value is -1.35. The van der Waals surface area contributed by atoms with Gasteiger partial charge in [-0.15, -0.1) is 0 Å². The van der Waals surface area contributed by atoms with Gasteiger partial charge in [0.2, 0.25) is 5.91 Å². The summed E-state index contributed by atoms with van der Waals surface area (Å²) in [4.78, 5) is 12.2. The van der Waals surface area contributed by atoms with Crippen molar-refractivity contribution in [2.75, 3.05) is 0 Å². The molecule has 3 N–H and O–H groups in total. The lowest BCUT2D eigenvalue weighted by Gasteiger charge is -2.29. The normalized spacial score (nSPS) is 19.3. The summed E-state index contributed by atoms with van der Waals surface area (Å²) in [5.74, 6) is 0.601. The molecule has 0 bridgehead atoms. The van der Waals surface area contributed by atoms with E-state index in [1.807, 2.05) is 30.3 Å². The van der Waals surface area contributed by atoms with Gasteiger partial charge in [0.05, 0.1) is 6.04 Å². The fourth-order valence-corrected chi connectivity index (χ4v) is 3.04. The van der Waals surface area contributed by atoms with Crippen LogP contribution in [0.4, 0.5) is 0 Å². The highest BCUT2D eigenvalue weighted by Crippen LogP contribution is 2.26. The monoisotopic (exact) mass is 274 g/mol. The Morgan fingerprint density at radius 3 is 2.55 bits per heavy atom. The van der Waals surface area contributed by atoms with E-state index in [2.05, 4.69) is 12.2 Å². The molecule has 1 saturated carbocycles. The molecule has 20 heavy (non-hydrogen) atoms. The lowest BCUT2D eigenvalue weighted by molar-refractivity contribution is -0.123. The Balaban J connectivity index is 1.81. The molecular weight excluding hydrogens is 248 g/mol. The number of benzene rings is 1. The van der Waals surface area contributed by atoms with Gasteiger partial charge in [-0.1, -0.05) is 49.6 Å². The van der Waals surface area contributed by atoms with E-state index in [0.29, 0.717) is 12.3 Å². The van der Waals surface area contributed by atoms with E-state index in [0.717, 1.165) is 5.56 Å². The van der Waals surface area contributed by atoms with Gasteiger partial charge in [0.15, 0.2) is 0 Å². The standard InChI is InChI=1S/C17H26N2O/c1-13(15-10-6-3-7-11-15)19-17(20)16(18)12-14-8-4-2-5-9-14/h2,4-5,8-9,13,15-16H,3,6-7,10-12,18H2,1H3,(H,19,20)/t13-,16-/m0/s1. The highest BCUT2D eigenvalue weighted by molar-refractivity contribution is 5.82. The van der Waals surface area contributed by atoms with Gasteiger partial charge >= 0.3 is 0 Å². The molecular formula is C17H26N2O. The van der Waals surface area contributed by atoms with Gasteiger partial charge in [0.1, 0.15) is 0 Å². The first-order valence-corrected chi connectivity index (χ1v) is 7.76. The third-order valence-electron chi connectivity index (χ3n) is 4.36. The second kappa shape index (κ2) is 7.44. The predicted octanol–water partition coefficient (Wildman–Crippen LogP) is 2.64. The number of nitrogens with two attached hydrogens (primary N) is 1. The Morgan fingerprint density at radius 2 is 1.90 bits per heavy atom. The minimum atomic E-state index is -0.455. The van der Waals surface area contributed by atoms with Crippen molar-refractivity contribution in [3.63, 3.8) is 0 Å². The van der Waals surface area contributed by atoms with Crippen LogP contribution in [-0.2, 0) is 11.2 Å². The van der Waals surface area contributed by atoms with E-state index in [9.17, 15) is 4.79 Å². The van der Waals surface area contributed by atoms with Crippen molar-refractivity contribution in [1.29, 1.82) is 0 Å². The van der Waals surface area contributed by atoms with Crippen LogP contribution in [-0.4, -0.2) is 18.0 Å². The predicted molar refractivity (Wildman–Crippen MR) is 82.3 cm³/mol. The molecule has 1 aromatic carbocycles. The van der Waals surface area contributed by atoms with Gasteiger partial charge in [-0.05, 0) is 37.7 Å². The van der Waals surface area contributed by atoms with Gasteiger partial charge in [-0.3, -0.25) is 4.79 Å². The average Bonchev–Trinajstić information content (AvgIpc) is 2.49. The molecule has 2 rings (SSSR count). The first-order valence-electron chi connectivity index (χ1n) is 7.76. The summed E-state index contributed by atoms with van der Waals surface area (Å²) in [5, 5.41) is 3.11. The van der Waals surface area contributed by atoms with Crippen LogP contribution < -0.4 is 11.1 Å². The molecule has 0 aliphatic heterocycles. The van der Waals surface area contributed by atoms with E-state index in [1.165, 1.54) is 32.1 Å². The van der Waals surface area contributed by atoms with Crippen molar-refractivity contribution in [3.8, 4) is 0 Å². The molecule has 1 aromatic rings. The Morgan fingerprint density at radius 1 is 1.25 bits per heavy atom. The van der Waals surface area contributed by atoms with Crippen LogP contribution in [0.3, 0.4) is 0 Å². The van der Waals surface area contributed by atoms with Crippen LogP contribution in [0.1, 0.15) is 44.6 Å². The minimum absolute atomic E-state index is 0.0214. The molecule has 110 valence electrons. The number of nitrogens with one attached hydrogen (secondary N) is 1. The fourth-order valence-electron chi connectivity index (χ4n) is 3.04. The van der Waals surface area contributed by atoms with Crippen LogP contribution in [0.25, 0.3) is 0 Å². The highest BCUT2D eigenvalue weighted by atomic mass is 16.2. The van der Waals surface area contributed by atoms with Crippen LogP contribution in [0.2, 0.25) is 0 Å². The van der Waals surface area contributed by atoms with E-state index < -0.39 is 6.04 Å². The number of amides is 1. The highest BCUT2D eigenvalue weighted by Gasteiger charge is 2.23. The molecule has 3 heteroatoms. The molecule has 0 unspecified atom stereocenters. The first kappa shape index (κ1) is 15.0. The zero-order chi connectivity index (χ0) is 14.4. The van der Waals surface area contributed by atoms with E-state index in [1.54, 1.807) is 0 Å². The molecule has 0 radical (unpaired) electrons. The average molecular weight is 274 g/mol. The van der Waals surface area contributed by atoms with Crippen LogP contribution in [0.15, 0.2) is 30.3 Å². The summed E-state index contributed by atoms with van der Waals surface area (Å²) in [6, 6.07) is 9.73. The second-order valence-corrected chi connectivity index (χ2v) is 5.99. The molecule has 2 atom stereocenters. The molecule has 0 aromatic heterocycles. The van der Waals surface area contributed by atoms with Gasteiger partial charge in [0, 0.05) is 6.04 Å². The Labute approximate surface area is 121 Å². The molecule has 0 heterocycles. The van der Waals surface area contributed by atoms with Crippen molar-refractivity contribution >= 4 is 5.91 Å². The second-order valence-electron chi connectivity index (χ2n) is 5.99. The summed E-state index contributed by atoms with van der Waals surface area (Å²) in [5.41, 5.74) is 7.13. The van der Waals surface area contributed by atoms with Gasteiger partial charge in [-0.25, -0.2) is 0 Å². The van der Waals surface area contributed by atoms with E-state index in [4.69, 9.17) is 5.73 Å². The fraction of sp³-hybridized carbons (Fsp3) is 0.588. The quantitative estimate of drug-likeness (QED) is 0.867. The minimum Gasteiger partial charge on any atom is -0.352 e. The summed E-state index contributed by atoms with van der Waals surface area (Å²) in [6.45, 7) is 2.11. The zero-order valence-corrected chi connectivity index (χ0v) is 12.3. The summed E-state index contributed by atoms with van der Waals surface area (Å²) in [6.07, 6.45) is 6.99. The van der Waals surface area contributed by atoms with Gasteiger partial charge < -0.3 is 11.1 Å². The third kappa shape index (κ3) is 4.34. The lowest BCUT2D eigenvalue weighted by Crippen LogP contribution is -2.48. The summed E-state index contributed by atoms with van der Waals surface area (Å²) >= 11 is 0. The van der Waals surface area contributed by atoms with Crippen LogP contribution in [0, 0.1) is 5.92 Å². The molecule has 1 aliphatic rings. The van der Waals surface area contributed by atoms with Crippen molar-refractivity contribution in [3.05, 3.63) is 35.9 Å². The molecule has 1 aliphatic carbocycles. The maximum absolute atomic E-state index is 12.2. The number of hydrogen-bond acceptors (Lipinski definition) is 2. The topological polar surface area (TPSA) is 55.1 Å². The maximum atomic E-state index is 12.2. The lowest BCUT2D eigenvalue weighted by atomic mass is 9.84. The van der Waals surface area contributed by atoms with Crippen LogP contribution in [0.5, 0.6) is 0 Å². The SMILES string of the molecule is C[C@H](NC(=O)[C@@H](N)Cc1ccccc1)C1CCCCC1. The summed E-state index contributed by atoms with van der Waals surface area (Å²) < 4.78 is 0. The van der Waals surface area contributed by atoms with Crippen molar-refractivity contribution in [1.82, 2.24) is 5.32 Å². The number of carbonyl (C=O) groups excluding carboxylic acids is 1. The van der Waals surface area contributed by atoms with Gasteiger partial charge in [0.25, 0.3) is 0 Å². The Kier molecular flexibility index (Phi) is 5.60. The molecule has 1 fully saturated rings. The number of rotatable bonds is 5. The molecule has 3 nitrogen and oxygen atoms in total. The van der Waals surface area contributed by atoms with E-state index >= 15 is 0 Å². The number of hydrogen-bond donors (Lipinski definition) is 2. The summed E-state index contributed by atoms with van der Waals surface area (Å²) in [7, 11) is 0. The smallest absolute Gasteiger partial charge is 0.237 e. The van der Waals surface area contributed by atoms with Crippen molar-refractivity contribution in [2.45, 2.75) is 57.5 Å². The van der Waals surface area contributed by atoms with Crippen LogP contribution >= 0.6 is 0 Å².